The largest absolute Gasteiger partial charge is 1.00 e. The average Bonchev–Trinajstić information content (AvgIpc) is 2.54. The Morgan fingerprint density at radius 1 is 1.14 bits per heavy atom. The Bertz CT molecular complexity index is 744. The summed E-state index contributed by atoms with van der Waals surface area (Å²) in [4.78, 5) is 11.9. The van der Waals surface area contributed by atoms with Gasteiger partial charge in [0.15, 0.2) is 0 Å². The summed E-state index contributed by atoms with van der Waals surface area (Å²) in [7, 11) is -8.17. The fraction of sp³-hybridized carbons (Fsp3) is 0.364. The predicted octanol–water partition coefficient (Wildman–Crippen LogP) is -2.84. The summed E-state index contributed by atoms with van der Waals surface area (Å²) in [6, 6.07) is 5.87. The summed E-state index contributed by atoms with van der Waals surface area (Å²) in [5.74, 6) is -1.19. The number of nitrogens with zero attached hydrogens (tertiary/aromatic N) is 1. The van der Waals surface area contributed by atoms with E-state index in [2.05, 4.69) is 0 Å². The van der Waals surface area contributed by atoms with Crippen LogP contribution >= 0.6 is 0 Å². The van der Waals surface area contributed by atoms with Gasteiger partial charge in [0.2, 0.25) is 0 Å². The monoisotopic (exact) mass is 341 g/mol. The summed E-state index contributed by atoms with van der Waals surface area (Å²) >= 11 is 0. The second kappa shape index (κ2) is 6.76. The predicted molar refractivity (Wildman–Crippen MR) is 68.5 cm³/mol. The Kier molecular flexibility index (Phi) is 5.99. The van der Waals surface area contributed by atoms with Crippen molar-refractivity contribution in [2.75, 3.05) is 12.3 Å². The third kappa shape index (κ3) is 4.05. The number of carbonyl (C=O) groups is 1. The molecule has 0 aliphatic carbocycles. The van der Waals surface area contributed by atoms with Crippen LogP contribution in [0.15, 0.2) is 29.2 Å². The van der Waals surface area contributed by atoms with E-state index >= 15 is 0 Å². The van der Waals surface area contributed by atoms with Gasteiger partial charge in [0.1, 0.15) is 4.90 Å². The maximum Gasteiger partial charge on any atom is 1.00 e. The van der Waals surface area contributed by atoms with Crippen molar-refractivity contribution in [3.8, 4) is 0 Å². The molecule has 0 N–H and O–H groups in total. The van der Waals surface area contributed by atoms with Crippen LogP contribution in [0.5, 0.6) is 0 Å². The molecule has 2 rings (SSSR count). The molecule has 7 nitrogen and oxygen atoms in total. The standard InChI is InChI=1S/C11H13NO6S2.Na/c13-11-9-5-1-2-6-10(9)20(17,18)12(11)7-3-4-8-19(14,15)16;/h1-2,5-6H,3-4,7-8H2,(H,14,15,16);/q;+1/p-1. The van der Waals surface area contributed by atoms with Gasteiger partial charge in [-0.15, -0.1) is 0 Å². The zero-order valence-corrected chi connectivity index (χ0v) is 15.0. The minimum atomic E-state index is -4.32. The molecule has 1 aliphatic heterocycles. The Morgan fingerprint density at radius 2 is 1.76 bits per heavy atom. The smallest absolute Gasteiger partial charge is 0.748 e. The van der Waals surface area contributed by atoms with Crippen molar-refractivity contribution >= 4 is 26.0 Å². The molecule has 0 fully saturated rings. The van der Waals surface area contributed by atoms with Crippen LogP contribution in [0.2, 0.25) is 0 Å². The minimum Gasteiger partial charge on any atom is -0.748 e. The van der Waals surface area contributed by atoms with E-state index in [1.165, 1.54) is 18.2 Å². The van der Waals surface area contributed by atoms with Crippen molar-refractivity contribution in [3.63, 3.8) is 0 Å². The van der Waals surface area contributed by atoms with E-state index in [1.54, 1.807) is 6.07 Å². The Morgan fingerprint density at radius 3 is 2.33 bits per heavy atom. The molecule has 0 bridgehead atoms. The second-order valence-corrected chi connectivity index (χ2v) is 7.70. The molecule has 1 aromatic carbocycles. The number of carbonyl (C=O) groups excluding carboxylic acids is 1. The van der Waals surface area contributed by atoms with E-state index in [0.29, 0.717) is 0 Å². The molecule has 0 unspecified atom stereocenters. The van der Waals surface area contributed by atoms with Gasteiger partial charge in [0, 0.05) is 12.3 Å². The number of rotatable bonds is 5. The fourth-order valence-electron chi connectivity index (χ4n) is 1.99. The van der Waals surface area contributed by atoms with E-state index in [4.69, 9.17) is 0 Å². The topological polar surface area (TPSA) is 112 Å². The van der Waals surface area contributed by atoms with Crippen molar-refractivity contribution in [2.45, 2.75) is 17.7 Å². The van der Waals surface area contributed by atoms with Crippen LogP contribution < -0.4 is 29.6 Å². The third-order valence-electron chi connectivity index (χ3n) is 2.92. The first kappa shape index (κ1) is 18.6. The van der Waals surface area contributed by atoms with Crippen LogP contribution in [0.25, 0.3) is 0 Å². The first-order valence-electron chi connectivity index (χ1n) is 5.83. The number of amides is 1. The van der Waals surface area contributed by atoms with Crippen molar-refractivity contribution < 1.29 is 55.7 Å². The number of sulfonamides is 1. The molecule has 0 radical (unpaired) electrons. The average molecular weight is 341 g/mol. The quantitative estimate of drug-likeness (QED) is 0.324. The first-order valence-corrected chi connectivity index (χ1v) is 8.85. The zero-order valence-electron chi connectivity index (χ0n) is 11.4. The van der Waals surface area contributed by atoms with Gasteiger partial charge in [0.05, 0.1) is 15.7 Å². The molecule has 1 aromatic rings. The van der Waals surface area contributed by atoms with Crippen LogP contribution in [0.3, 0.4) is 0 Å². The minimum absolute atomic E-state index is 0. The molecule has 21 heavy (non-hydrogen) atoms. The maximum absolute atomic E-state index is 12.1. The molecule has 0 saturated carbocycles. The van der Waals surface area contributed by atoms with Crippen molar-refractivity contribution in [1.82, 2.24) is 4.31 Å². The molecule has 0 saturated heterocycles. The molecule has 1 aliphatic rings. The van der Waals surface area contributed by atoms with Gasteiger partial charge in [-0.1, -0.05) is 12.1 Å². The number of benzene rings is 1. The number of unbranched alkanes of at least 4 members (excludes halogenated alkanes) is 1. The maximum atomic E-state index is 12.1. The SMILES string of the molecule is O=C1c2ccccc2S(=O)(=O)N1CCCCS(=O)(=O)[O-].[Na+]. The van der Waals surface area contributed by atoms with Crippen LogP contribution in [-0.2, 0) is 20.1 Å². The summed E-state index contributed by atoms with van der Waals surface area (Å²) < 4.78 is 56.3. The van der Waals surface area contributed by atoms with Crippen LogP contribution in [0, 0.1) is 0 Å². The molecular weight excluding hydrogens is 329 g/mol. The summed E-state index contributed by atoms with van der Waals surface area (Å²) in [6.07, 6.45) is 0.141. The van der Waals surface area contributed by atoms with Crippen molar-refractivity contribution in [3.05, 3.63) is 29.8 Å². The third-order valence-corrected chi connectivity index (χ3v) is 5.55. The molecule has 1 heterocycles. The molecule has 0 atom stereocenters. The van der Waals surface area contributed by atoms with Crippen molar-refractivity contribution in [2.24, 2.45) is 0 Å². The van der Waals surface area contributed by atoms with Gasteiger partial charge in [-0.25, -0.2) is 21.1 Å². The van der Waals surface area contributed by atoms with E-state index in [-0.39, 0.29) is 59.4 Å². The number of fused-ring (bicyclic) bond motifs is 1. The van der Waals surface area contributed by atoms with Crippen molar-refractivity contribution in [1.29, 1.82) is 0 Å². The summed E-state index contributed by atoms with van der Waals surface area (Å²) in [5, 5.41) is 0. The molecule has 0 aromatic heterocycles. The molecular formula is C11H12NNaO6S2. The Balaban J connectivity index is 0.00000220. The second-order valence-electron chi connectivity index (χ2n) is 4.35. The van der Waals surface area contributed by atoms with Gasteiger partial charge < -0.3 is 4.55 Å². The van der Waals surface area contributed by atoms with Gasteiger partial charge in [-0.05, 0) is 25.0 Å². The van der Waals surface area contributed by atoms with Gasteiger partial charge in [0.25, 0.3) is 15.9 Å². The van der Waals surface area contributed by atoms with Gasteiger partial charge >= 0.3 is 29.6 Å². The molecule has 1 amide bonds. The zero-order chi connectivity index (χ0) is 15.0. The van der Waals surface area contributed by atoms with E-state index in [0.717, 1.165) is 4.31 Å². The molecule has 10 heteroatoms. The molecule has 110 valence electrons. The van der Waals surface area contributed by atoms with Gasteiger partial charge in [-0.3, -0.25) is 4.79 Å². The number of hydrogen-bond acceptors (Lipinski definition) is 6. The van der Waals surface area contributed by atoms with Gasteiger partial charge in [-0.2, -0.15) is 0 Å². The summed E-state index contributed by atoms with van der Waals surface area (Å²) in [5.41, 5.74) is 0.115. The first-order chi connectivity index (χ1) is 9.23. The van der Waals surface area contributed by atoms with Crippen LogP contribution in [0.1, 0.15) is 23.2 Å². The normalized spacial score (nSPS) is 16.4. The van der Waals surface area contributed by atoms with E-state index in [9.17, 15) is 26.2 Å². The number of hydrogen-bond donors (Lipinski definition) is 0. The van der Waals surface area contributed by atoms with Crippen LogP contribution in [-0.4, -0.2) is 43.9 Å². The van der Waals surface area contributed by atoms with Crippen LogP contribution in [0.4, 0.5) is 0 Å². The van der Waals surface area contributed by atoms with E-state index < -0.39 is 31.8 Å². The fourth-order valence-corrected chi connectivity index (χ4v) is 4.15. The Hall–Kier alpha value is -0.450. The van der Waals surface area contributed by atoms with E-state index in [1.807, 2.05) is 0 Å². The Labute approximate surface area is 145 Å². The molecule has 0 spiro atoms. The summed E-state index contributed by atoms with van der Waals surface area (Å²) in [6.45, 7) is -0.134.